The number of aryl methyl sites for hydroxylation is 1. The van der Waals surface area contributed by atoms with E-state index in [1.807, 2.05) is 6.07 Å². The standard InChI is InChI=1S/C15H11FN2O3/c1-10-6-11(8-17)2-3-12(10)9-21-15-7-13(16)4-5-14(15)18(19)20/h2-7H,9H2,1H3. The first kappa shape index (κ1) is 14.5. The molecule has 0 amide bonds. The Morgan fingerprint density at radius 3 is 2.71 bits per heavy atom. The molecule has 6 heteroatoms. The van der Waals surface area contributed by atoms with Gasteiger partial charge in [0.1, 0.15) is 12.4 Å². The molecule has 0 bridgehead atoms. The Morgan fingerprint density at radius 2 is 2.10 bits per heavy atom. The molecular formula is C15H11FN2O3. The van der Waals surface area contributed by atoms with E-state index in [2.05, 4.69) is 0 Å². The zero-order chi connectivity index (χ0) is 15.4. The SMILES string of the molecule is Cc1cc(C#N)ccc1COc1cc(F)ccc1[N+](=O)[O-]. The molecule has 0 aliphatic rings. The number of ether oxygens (including phenoxy) is 1. The number of hydrogen-bond donors (Lipinski definition) is 0. The van der Waals surface area contributed by atoms with Gasteiger partial charge in [-0.15, -0.1) is 0 Å². The van der Waals surface area contributed by atoms with Crippen LogP contribution in [0, 0.1) is 34.2 Å². The normalized spacial score (nSPS) is 9.95. The molecule has 0 radical (unpaired) electrons. The molecule has 0 saturated heterocycles. The van der Waals surface area contributed by atoms with Crippen LogP contribution in [0.3, 0.4) is 0 Å². The van der Waals surface area contributed by atoms with E-state index in [9.17, 15) is 14.5 Å². The van der Waals surface area contributed by atoms with Crippen molar-refractivity contribution in [3.05, 3.63) is 69.0 Å². The summed E-state index contributed by atoms with van der Waals surface area (Å²) in [6, 6.07) is 10.1. The minimum absolute atomic E-state index is 0.0574. The lowest BCUT2D eigenvalue weighted by atomic mass is 10.1. The Morgan fingerprint density at radius 1 is 1.33 bits per heavy atom. The average molecular weight is 286 g/mol. The molecule has 0 atom stereocenters. The summed E-state index contributed by atoms with van der Waals surface area (Å²) in [6.45, 7) is 1.86. The Bertz CT molecular complexity index is 738. The van der Waals surface area contributed by atoms with Gasteiger partial charge in [0.25, 0.3) is 0 Å². The molecule has 2 aromatic rings. The van der Waals surface area contributed by atoms with Crippen LogP contribution < -0.4 is 4.74 Å². The molecule has 0 fully saturated rings. The molecule has 0 aliphatic heterocycles. The van der Waals surface area contributed by atoms with Crippen LogP contribution in [0.15, 0.2) is 36.4 Å². The Labute approximate surface area is 120 Å². The van der Waals surface area contributed by atoms with Crippen molar-refractivity contribution < 1.29 is 14.1 Å². The second-order valence-electron chi connectivity index (χ2n) is 4.41. The second-order valence-corrected chi connectivity index (χ2v) is 4.41. The Balaban J connectivity index is 2.22. The highest BCUT2D eigenvalue weighted by molar-refractivity contribution is 5.46. The fraction of sp³-hybridized carbons (Fsp3) is 0.133. The topological polar surface area (TPSA) is 76.2 Å². The number of nitro groups is 1. The summed E-state index contributed by atoms with van der Waals surface area (Å²) in [5.41, 5.74) is 1.83. The lowest BCUT2D eigenvalue weighted by molar-refractivity contribution is -0.386. The molecule has 2 aromatic carbocycles. The zero-order valence-electron chi connectivity index (χ0n) is 11.2. The molecule has 0 saturated carbocycles. The van der Waals surface area contributed by atoms with E-state index >= 15 is 0 Å². The molecule has 106 valence electrons. The van der Waals surface area contributed by atoms with E-state index in [0.29, 0.717) is 5.56 Å². The molecule has 0 heterocycles. The van der Waals surface area contributed by atoms with Crippen LogP contribution in [0.4, 0.5) is 10.1 Å². The number of nitrogens with zero attached hydrogens (tertiary/aromatic N) is 2. The smallest absolute Gasteiger partial charge is 0.311 e. The summed E-state index contributed by atoms with van der Waals surface area (Å²) in [5, 5.41) is 19.7. The molecule has 0 aliphatic carbocycles. The van der Waals surface area contributed by atoms with Crippen molar-refractivity contribution in [1.82, 2.24) is 0 Å². The molecule has 0 N–H and O–H groups in total. The van der Waals surface area contributed by atoms with Gasteiger partial charge in [0.05, 0.1) is 16.6 Å². The highest BCUT2D eigenvalue weighted by Crippen LogP contribution is 2.28. The zero-order valence-corrected chi connectivity index (χ0v) is 11.2. The maximum atomic E-state index is 13.2. The van der Waals surface area contributed by atoms with Gasteiger partial charge in [-0.3, -0.25) is 10.1 Å². The van der Waals surface area contributed by atoms with Gasteiger partial charge in [-0.05, 0) is 36.2 Å². The average Bonchev–Trinajstić information content (AvgIpc) is 2.45. The van der Waals surface area contributed by atoms with E-state index in [4.69, 9.17) is 10.00 Å². The van der Waals surface area contributed by atoms with E-state index in [0.717, 1.165) is 29.3 Å². The number of halogens is 1. The first-order valence-corrected chi connectivity index (χ1v) is 6.07. The number of hydrogen-bond acceptors (Lipinski definition) is 4. The predicted octanol–water partition coefficient (Wildman–Crippen LogP) is 3.49. The van der Waals surface area contributed by atoms with Gasteiger partial charge in [0.15, 0.2) is 5.75 Å². The quantitative estimate of drug-likeness (QED) is 0.636. The fourth-order valence-electron chi connectivity index (χ4n) is 1.84. The minimum atomic E-state index is -0.625. The fourth-order valence-corrected chi connectivity index (χ4v) is 1.84. The van der Waals surface area contributed by atoms with E-state index in [1.54, 1.807) is 25.1 Å². The number of benzene rings is 2. The highest BCUT2D eigenvalue weighted by Gasteiger charge is 2.16. The Kier molecular flexibility index (Phi) is 4.14. The number of nitriles is 1. The van der Waals surface area contributed by atoms with Gasteiger partial charge in [0, 0.05) is 12.1 Å². The van der Waals surface area contributed by atoms with Crippen molar-refractivity contribution in [3.8, 4) is 11.8 Å². The van der Waals surface area contributed by atoms with Gasteiger partial charge in [-0.2, -0.15) is 5.26 Å². The maximum Gasteiger partial charge on any atom is 0.311 e. The Hall–Kier alpha value is -2.94. The molecule has 0 spiro atoms. The summed E-state index contributed by atoms with van der Waals surface area (Å²) in [5.74, 6) is -0.726. The van der Waals surface area contributed by atoms with Gasteiger partial charge < -0.3 is 4.74 Å². The summed E-state index contributed by atoms with van der Waals surface area (Å²) < 4.78 is 18.5. The van der Waals surface area contributed by atoms with E-state index in [1.165, 1.54) is 0 Å². The number of rotatable bonds is 4. The van der Waals surface area contributed by atoms with Gasteiger partial charge in [-0.25, -0.2) is 4.39 Å². The molecule has 21 heavy (non-hydrogen) atoms. The van der Waals surface area contributed by atoms with Crippen LogP contribution >= 0.6 is 0 Å². The lowest BCUT2D eigenvalue weighted by Gasteiger charge is -2.09. The lowest BCUT2D eigenvalue weighted by Crippen LogP contribution is -2.01. The largest absolute Gasteiger partial charge is 0.482 e. The first-order chi connectivity index (χ1) is 10.0. The molecule has 0 unspecified atom stereocenters. The molecule has 0 aromatic heterocycles. The summed E-state index contributed by atoms with van der Waals surface area (Å²) in [6.07, 6.45) is 0. The summed E-state index contributed by atoms with van der Waals surface area (Å²) >= 11 is 0. The van der Waals surface area contributed by atoms with Gasteiger partial charge in [-0.1, -0.05) is 6.07 Å². The van der Waals surface area contributed by atoms with Crippen LogP contribution in [0.1, 0.15) is 16.7 Å². The third kappa shape index (κ3) is 3.34. The minimum Gasteiger partial charge on any atom is -0.482 e. The van der Waals surface area contributed by atoms with Crippen LogP contribution in [-0.4, -0.2) is 4.92 Å². The van der Waals surface area contributed by atoms with Crippen molar-refractivity contribution in [2.24, 2.45) is 0 Å². The third-order valence-corrected chi connectivity index (χ3v) is 2.97. The van der Waals surface area contributed by atoms with Crippen molar-refractivity contribution in [2.45, 2.75) is 13.5 Å². The predicted molar refractivity (Wildman–Crippen MR) is 73.3 cm³/mol. The second kappa shape index (κ2) is 6.01. The molecule has 5 nitrogen and oxygen atoms in total. The van der Waals surface area contributed by atoms with Crippen molar-refractivity contribution in [2.75, 3.05) is 0 Å². The van der Waals surface area contributed by atoms with Crippen molar-refractivity contribution in [1.29, 1.82) is 5.26 Å². The number of nitro benzene ring substituents is 1. The summed E-state index contributed by atoms with van der Waals surface area (Å²) in [7, 11) is 0. The van der Waals surface area contributed by atoms with E-state index in [-0.39, 0.29) is 18.0 Å². The monoisotopic (exact) mass is 286 g/mol. The third-order valence-electron chi connectivity index (χ3n) is 2.97. The van der Waals surface area contributed by atoms with Gasteiger partial charge in [0.2, 0.25) is 0 Å². The van der Waals surface area contributed by atoms with Crippen LogP contribution in [0.5, 0.6) is 5.75 Å². The maximum absolute atomic E-state index is 13.2. The highest BCUT2D eigenvalue weighted by atomic mass is 19.1. The van der Waals surface area contributed by atoms with Crippen LogP contribution in [0.2, 0.25) is 0 Å². The molecule has 2 rings (SSSR count). The van der Waals surface area contributed by atoms with Crippen LogP contribution in [0.25, 0.3) is 0 Å². The van der Waals surface area contributed by atoms with Gasteiger partial charge >= 0.3 is 5.69 Å². The van der Waals surface area contributed by atoms with Crippen molar-refractivity contribution >= 4 is 5.69 Å². The van der Waals surface area contributed by atoms with Crippen LogP contribution in [-0.2, 0) is 6.61 Å². The molecular weight excluding hydrogens is 275 g/mol. The first-order valence-electron chi connectivity index (χ1n) is 6.07. The van der Waals surface area contributed by atoms with E-state index < -0.39 is 10.7 Å². The summed E-state index contributed by atoms with van der Waals surface area (Å²) in [4.78, 5) is 10.2. The van der Waals surface area contributed by atoms with Crippen molar-refractivity contribution in [3.63, 3.8) is 0 Å².